The van der Waals surface area contributed by atoms with Crippen molar-refractivity contribution in [1.29, 1.82) is 0 Å². The molecule has 204 valence electrons. The molecule has 2 aliphatic heterocycles. The molecule has 1 aromatic heterocycles. The number of aryl methyl sites for hydroxylation is 2. The second-order valence-electron chi connectivity index (χ2n) is 11.0. The molecule has 0 aromatic carbocycles. The van der Waals surface area contributed by atoms with E-state index < -0.39 is 5.60 Å². The second kappa shape index (κ2) is 13.6. The maximum absolute atomic E-state index is 12.7. The molecule has 0 bridgehead atoms. The SMILES string of the molecule is CCOC(=O)C[C@@H](CCCCCCc1ccc2c(n1)N(C(=O)OC(C)(C)C)CCC2)C1C=CC(=O)NC1. The smallest absolute Gasteiger partial charge is 0.416 e. The normalized spacial score (nSPS) is 18.1. The van der Waals surface area contributed by atoms with Gasteiger partial charge in [-0.3, -0.25) is 14.5 Å². The summed E-state index contributed by atoms with van der Waals surface area (Å²) >= 11 is 0. The van der Waals surface area contributed by atoms with Gasteiger partial charge < -0.3 is 14.8 Å². The highest BCUT2D eigenvalue weighted by atomic mass is 16.6. The summed E-state index contributed by atoms with van der Waals surface area (Å²) in [6.07, 6.45) is 11.3. The van der Waals surface area contributed by atoms with Crippen LogP contribution >= 0.6 is 0 Å². The van der Waals surface area contributed by atoms with Gasteiger partial charge in [0.25, 0.3) is 0 Å². The van der Waals surface area contributed by atoms with E-state index in [1.54, 1.807) is 11.0 Å². The van der Waals surface area contributed by atoms with E-state index in [4.69, 9.17) is 14.5 Å². The van der Waals surface area contributed by atoms with Crippen LogP contribution in [0.1, 0.15) is 83.9 Å². The molecule has 3 rings (SSSR count). The zero-order chi connectivity index (χ0) is 26.8. The van der Waals surface area contributed by atoms with E-state index in [0.717, 1.165) is 68.4 Å². The highest BCUT2D eigenvalue weighted by Gasteiger charge is 2.29. The first kappa shape index (κ1) is 28.7. The van der Waals surface area contributed by atoms with Gasteiger partial charge in [-0.15, -0.1) is 0 Å². The number of aromatic nitrogens is 1. The van der Waals surface area contributed by atoms with Crippen LogP contribution in [-0.4, -0.2) is 48.3 Å². The average molecular weight is 514 g/mol. The first-order valence-corrected chi connectivity index (χ1v) is 13.8. The third kappa shape index (κ3) is 9.17. The van der Waals surface area contributed by atoms with Gasteiger partial charge in [-0.25, -0.2) is 9.78 Å². The topological polar surface area (TPSA) is 97.8 Å². The van der Waals surface area contributed by atoms with E-state index in [0.29, 0.717) is 26.1 Å². The summed E-state index contributed by atoms with van der Waals surface area (Å²) in [5.41, 5.74) is 1.56. The fourth-order valence-corrected chi connectivity index (χ4v) is 4.96. The third-order valence-corrected chi connectivity index (χ3v) is 6.82. The largest absolute Gasteiger partial charge is 0.466 e. The number of hydrogen-bond acceptors (Lipinski definition) is 6. The Labute approximate surface area is 221 Å². The minimum absolute atomic E-state index is 0.0730. The fraction of sp³-hybridized carbons (Fsp3) is 0.655. The summed E-state index contributed by atoms with van der Waals surface area (Å²) in [6.45, 7) is 9.04. The number of nitrogens with one attached hydrogen (secondary N) is 1. The highest BCUT2D eigenvalue weighted by molar-refractivity contribution is 5.88. The lowest BCUT2D eigenvalue weighted by atomic mass is 9.83. The highest BCUT2D eigenvalue weighted by Crippen LogP contribution is 2.28. The van der Waals surface area contributed by atoms with E-state index in [-0.39, 0.29) is 29.8 Å². The number of esters is 1. The molecule has 0 saturated carbocycles. The summed E-state index contributed by atoms with van der Waals surface area (Å²) in [6, 6.07) is 4.18. The van der Waals surface area contributed by atoms with Crippen LogP contribution in [0.15, 0.2) is 24.3 Å². The molecule has 0 fully saturated rings. The molecule has 2 amide bonds. The van der Waals surface area contributed by atoms with Crippen molar-refractivity contribution in [3.05, 3.63) is 35.5 Å². The number of carbonyl (C=O) groups is 3. The number of nitrogens with zero attached hydrogens (tertiary/aromatic N) is 2. The third-order valence-electron chi connectivity index (χ3n) is 6.82. The van der Waals surface area contributed by atoms with Gasteiger partial charge >= 0.3 is 12.1 Å². The first-order chi connectivity index (χ1) is 17.7. The Morgan fingerprint density at radius 1 is 1.19 bits per heavy atom. The van der Waals surface area contributed by atoms with Crippen molar-refractivity contribution in [2.45, 2.75) is 91.1 Å². The van der Waals surface area contributed by atoms with Gasteiger partial charge in [0.2, 0.25) is 5.91 Å². The summed E-state index contributed by atoms with van der Waals surface area (Å²) < 4.78 is 10.8. The molecule has 0 aliphatic carbocycles. The van der Waals surface area contributed by atoms with E-state index in [1.165, 1.54) is 0 Å². The van der Waals surface area contributed by atoms with Crippen LogP contribution in [0.2, 0.25) is 0 Å². The van der Waals surface area contributed by atoms with Crippen molar-refractivity contribution in [3.8, 4) is 0 Å². The molecule has 0 radical (unpaired) electrons. The quantitative estimate of drug-likeness (QED) is 0.325. The predicted molar refractivity (Wildman–Crippen MR) is 143 cm³/mol. The lowest BCUT2D eigenvalue weighted by Gasteiger charge is -2.31. The summed E-state index contributed by atoms with van der Waals surface area (Å²) in [7, 11) is 0. The van der Waals surface area contributed by atoms with E-state index in [9.17, 15) is 14.4 Å². The second-order valence-corrected chi connectivity index (χ2v) is 11.0. The zero-order valence-corrected chi connectivity index (χ0v) is 22.9. The molecule has 8 nitrogen and oxygen atoms in total. The number of fused-ring (bicyclic) bond motifs is 1. The van der Waals surface area contributed by atoms with Crippen molar-refractivity contribution in [2.75, 3.05) is 24.6 Å². The van der Waals surface area contributed by atoms with E-state index in [2.05, 4.69) is 17.4 Å². The lowest BCUT2D eigenvalue weighted by molar-refractivity contribution is -0.144. The molecule has 37 heavy (non-hydrogen) atoms. The Hall–Kier alpha value is -2.90. The number of anilines is 1. The van der Waals surface area contributed by atoms with Gasteiger partial charge in [0.1, 0.15) is 11.4 Å². The molecule has 8 heteroatoms. The van der Waals surface area contributed by atoms with Crippen molar-refractivity contribution in [3.63, 3.8) is 0 Å². The number of carbonyl (C=O) groups excluding carboxylic acids is 3. The molecule has 0 spiro atoms. The monoisotopic (exact) mass is 513 g/mol. The minimum Gasteiger partial charge on any atom is -0.466 e. The number of amides is 2. The van der Waals surface area contributed by atoms with E-state index in [1.807, 2.05) is 33.8 Å². The number of unbranched alkanes of at least 4 members (excludes halogenated alkanes) is 3. The van der Waals surface area contributed by atoms with Crippen LogP contribution < -0.4 is 10.2 Å². The molecule has 1 N–H and O–H groups in total. The molecule has 3 heterocycles. The molecule has 1 unspecified atom stereocenters. The molecule has 0 saturated heterocycles. The van der Waals surface area contributed by atoms with Gasteiger partial charge in [-0.1, -0.05) is 31.4 Å². The number of hydrogen-bond donors (Lipinski definition) is 1. The van der Waals surface area contributed by atoms with Crippen molar-refractivity contribution in [2.24, 2.45) is 11.8 Å². The molecule has 1 aromatic rings. The average Bonchev–Trinajstić information content (AvgIpc) is 2.84. The predicted octanol–water partition coefficient (Wildman–Crippen LogP) is 5.13. The van der Waals surface area contributed by atoms with Crippen molar-refractivity contribution < 1.29 is 23.9 Å². The van der Waals surface area contributed by atoms with Crippen LogP contribution in [0.5, 0.6) is 0 Å². The number of pyridine rings is 1. The molecular weight excluding hydrogens is 470 g/mol. The Bertz CT molecular complexity index is 969. The van der Waals surface area contributed by atoms with Crippen molar-refractivity contribution >= 4 is 23.8 Å². The maximum atomic E-state index is 12.7. The van der Waals surface area contributed by atoms with Gasteiger partial charge in [-0.05, 0) is 89.3 Å². The van der Waals surface area contributed by atoms with Crippen LogP contribution in [0.3, 0.4) is 0 Å². The van der Waals surface area contributed by atoms with E-state index >= 15 is 0 Å². The number of ether oxygens (including phenoxy) is 2. The van der Waals surface area contributed by atoms with Crippen LogP contribution in [0.25, 0.3) is 0 Å². The Balaban J connectivity index is 1.47. The van der Waals surface area contributed by atoms with Gasteiger partial charge in [0.05, 0.1) is 6.61 Å². The molecule has 2 aliphatic rings. The minimum atomic E-state index is -0.539. The molecular formula is C29H43N3O5. The Morgan fingerprint density at radius 2 is 1.97 bits per heavy atom. The standard InChI is InChI=1S/C29H43N3O5/c1-5-36-26(34)19-22(23-15-17-25(33)30-20-23)11-8-6-7-9-13-24-16-14-21-12-10-18-32(27(21)31-24)28(35)37-29(2,3)4/h14-17,22-23H,5-13,18-20H2,1-4H3,(H,30,33)/t22-,23?/m1/s1. The Morgan fingerprint density at radius 3 is 2.68 bits per heavy atom. The van der Waals surface area contributed by atoms with Crippen LogP contribution in [0.4, 0.5) is 10.6 Å². The zero-order valence-electron chi connectivity index (χ0n) is 22.9. The summed E-state index contributed by atoms with van der Waals surface area (Å²) in [4.78, 5) is 42.8. The van der Waals surface area contributed by atoms with Gasteiger partial charge in [0, 0.05) is 25.2 Å². The summed E-state index contributed by atoms with van der Waals surface area (Å²) in [5.74, 6) is 0.826. The van der Waals surface area contributed by atoms with Gasteiger partial charge in [-0.2, -0.15) is 0 Å². The van der Waals surface area contributed by atoms with Crippen molar-refractivity contribution in [1.82, 2.24) is 10.3 Å². The summed E-state index contributed by atoms with van der Waals surface area (Å²) in [5, 5.41) is 2.87. The maximum Gasteiger partial charge on any atom is 0.416 e. The fourth-order valence-electron chi connectivity index (χ4n) is 4.96. The Kier molecular flexibility index (Phi) is 10.5. The number of rotatable bonds is 11. The lowest BCUT2D eigenvalue weighted by Crippen LogP contribution is -2.40. The van der Waals surface area contributed by atoms with Gasteiger partial charge in [0.15, 0.2) is 0 Å². The van der Waals surface area contributed by atoms with Crippen LogP contribution in [0, 0.1) is 11.8 Å². The first-order valence-electron chi connectivity index (χ1n) is 13.8. The molecule has 2 atom stereocenters. The van der Waals surface area contributed by atoms with Crippen LogP contribution in [-0.2, 0) is 31.9 Å².